The Morgan fingerprint density at radius 2 is 2.29 bits per heavy atom. The highest BCUT2D eigenvalue weighted by molar-refractivity contribution is 5.18. The van der Waals surface area contributed by atoms with Gasteiger partial charge in [0, 0.05) is 12.6 Å². The van der Waals surface area contributed by atoms with Crippen LogP contribution in [-0.4, -0.2) is 22.8 Å². The van der Waals surface area contributed by atoms with Crippen LogP contribution in [0.1, 0.15) is 38.7 Å². The predicted molar refractivity (Wildman–Crippen MR) is 51.0 cm³/mol. The van der Waals surface area contributed by atoms with Gasteiger partial charge in [0.05, 0.1) is 0 Å². The zero-order valence-corrected chi connectivity index (χ0v) is 8.49. The number of rotatable bonds is 3. The van der Waals surface area contributed by atoms with E-state index in [1.165, 1.54) is 0 Å². The standard InChI is InChI=1S/C9H15N3O2/c1-6(2)10-9-12-11-8(14-9)7-4-3-5-13-7/h6-7H,3-5H2,1-2H3,(H,10,12)/t7-/m0/s1. The molecule has 1 saturated heterocycles. The number of aromatic nitrogens is 2. The minimum absolute atomic E-state index is 0.00483. The first-order valence-corrected chi connectivity index (χ1v) is 4.97. The Morgan fingerprint density at radius 1 is 1.43 bits per heavy atom. The molecule has 0 unspecified atom stereocenters. The van der Waals surface area contributed by atoms with Gasteiger partial charge >= 0.3 is 6.01 Å². The summed E-state index contributed by atoms with van der Waals surface area (Å²) >= 11 is 0. The Bertz CT molecular complexity index is 292. The molecule has 1 aliphatic rings. The van der Waals surface area contributed by atoms with E-state index < -0.39 is 0 Å². The second kappa shape index (κ2) is 3.96. The van der Waals surface area contributed by atoms with Crippen LogP contribution in [-0.2, 0) is 4.74 Å². The van der Waals surface area contributed by atoms with E-state index in [4.69, 9.17) is 9.15 Å². The third-order valence-corrected chi connectivity index (χ3v) is 2.06. The molecule has 78 valence electrons. The van der Waals surface area contributed by atoms with Crippen LogP contribution >= 0.6 is 0 Å². The summed E-state index contributed by atoms with van der Waals surface area (Å²) in [6.45, 7) is 4.84. The van der Waals surface area contributed by atoms with Crippen molar-refractivity contribution in [3.05, 3.63) is 5.89 Å². The summed E-state index contributed by atoms with van der Waals surface area (Å²) in [6.07, 6.45) is 2.05. The van der Waals surface area contributed by atoms with Gasteiger partial charge in [0.2, 0.25) is 5.89 Å². The van der Waals surface area contributed by atoms with Gasteiger partial charge in [0.1, 0.15) is 6.10 Å². The number of ether oxygens (including phenoxy) is 1. The molecule has 2 heterocycles. The van der Waals surface area contributed by atoms with E-state index in [-0.39, 0.29) is 6.10 Å². The first kappa shape index (κ1) is 9.45. The highest BCUT2D eigenvalue weighted by atomic mass is 16.5. The van der Waals surface area contributed by atoms with Crippen molar-refractivity contribution in [3.8, 4) is 0 Å². The molecule has 14 heavy (non-hydrogen) atoms. The number of nitrogens with one attached hydrogen (secondary N) is 1. The number of hydrogen-bond acceptors (Lipinski definition) is 5. The van der Waals surface area contributed by atoms with E-state index in [2.05, 4.69) is 15.5 Å². The van der Waals surface area contributed by atoms with E-state index in [0.29, 0.717) is 17.9 Å². The maximum Gasteiger partial charge on any atom is 0.315 e. The molecule has 0 aliphatic carbocycles. The zero-order valence-electron chi connectivity index (χ0n) is 8.49. The molecule has 1 aliphatic heterocycles. The minimum Gasteiger partial charge on any atom is -0.405 e. The molecule has 5 nitrogen and oxygen atoms in total. The molecule has 1 N–H and O–H groups in total. The van der Waals surface area contributed by atoms with E-state index >= 15 is 0 Å². The Kier molecular flexibility index (Phi) is 2.67. The van der Waals surface area contributed by atoms with Crippen molar-refractivity contribution in [2.45, 2.75) is 38.8 Å². The number of anilines is 1. The molecule has 0 saturated carbocycles. The van der Waals surface area contributed by atoms with Crippen LogP contribution in [0, 0.1) is 0 Å². The maximum absolute atomic E-state index is 5.43. The molecular weight excluding hydrogens is 182 g/mol. The Labute approximate surface area is 82.8 Å². The van der Waals surface area contributed by atoms with Gasteiger partial charge in [0.25, 0.3) is 0 Å². The van der Waals surface area contributed by atoms with E-state index in [1.54, 1.807) is 0 Å². The number of hydrogen-bond donors (Lipinski definition) is 1. The molecule has 0 aromatic carbocycles. The average molecular weight is 197 g/mol. The highest BCUT2D eigenvalue weighted by Crippen LogP contribution is 2.28. The molecule has 1 atom stereocenters. The van der Waals surface area contributed by atoms with Crippen LogP contribution in [0.15, 0.2) is 4.42 Å². The molecule has 5 heteroatoms. The lowest BCUT2D eigenvalue weighted by Gasteiger charge is -2.04. The van der Waals surface area contributed by atoms with Crippen molar-refractivity contribution < 1.29 is 9.15 Å². The summed E-state index contributed by atoms with van der Waals surface area (Å²) in [7, 11) is 0. The quantitative estimate of drug-likeness (QED) is 0.799. The highest BCUT2D eigenvalue weighted by Gasteiger charge is 2.23. The van der Waals surface area contributed by atoms with E-state index in [9.17, 15) is 0 Å². The smallest absolute Gasteiger partial charge is 0.315 e. The molecule has 0 bridgehead atoms. The van der Waals surface area contributed by atoms with Crippen LogP contribution in [0.25, 0.3) is 0 Å². The minimum atomic E-state index is 0.00483. The topological polar surface area (TPSA) is 60.2 Å². The van der Waals surface area contributed by atoms with Gasteiger partial charge in [-0.1, -0.05) is 5.10 Å². The van der Waals surface area contributed by atoms with Crippen molar-refractivity contribution in [1.29, 1.82) is 0 Å². The fourth-order valence-electron chi connectivity index (χ4n) is 1.44. The fourth-order valence-corrected chi connectivity index (χ4v) is 1.44. The molecule has 0 radical (unpaired) electrons. The van der Waals surface area contributed by atoms with E-state index in [0.717, 1.165) is 19.4 Å². The molecule has 1 fully saturated rings. The largest absolute Gasteiger partial charge is 0.405 e. The third-order valence-electron chi connectivity index (χ3n) is 2.06. The fraction of sp³-hybridized carbons (Fsp3) is 0.778. The monoisotopic (exact) mass is 197 g/mol. The maximum atomic E-state index is 5.43. The van der Waals surface area contributed by atoms with Gasteiger partial charge in [-0.2, -0.15) is 0 Å². The van der Waals surface area contributed by atoms with Crippen molar-refractivity contribution in [2.75, 3.05) is 11.9 Å². The predicted octanol–water partition coefficient (Wildman–Crippen LogP) is 1.74. The second-order valence-corrected chi connectivity index (χ2v) is 3.75. The molecule has 0 amide bonds. The lowest BCUT2D eigenvalue weighted by molar-refractivity contribution is 0.0897. The Morgan fingerprint density at radius 3 is 2.93 bits per heavy atom. The van der Waals surface area contributed by atoms with Gasteiger partial charge in [-0.15, -0.1) is 5.10 Å². The summed E-state index contributed by atoms with van der Waals surface area (Å²) < 4.78 is 10.9. The lowest BCUT2D eigenvalue weighted by Crippen LogP contribution is -2.09. The van der Waals surface area contributed by atoms with Crippen LogP contribution in [0.4, 0.5) is 6.01 Å². The molecule has 0 spiro atoms. The number of nitrogens with zero attached hydrogens (tertiary/aromatic N) is 2. The third kappa shape index (κ3) is 2.04. The van der Waals surface area contributed by atoms with Crippen molar-refractivity contribution >= 4 is 6.01 Å². The van der Waals surface area contributed by atoms with Crippen LogP contribution in [0.5, 0.6) is 0 Å². The molecule has 2 rings (SSSR count). The van der Waals surface area contributed by atoms with Crippen molar-refractivity contribution in [3.63, 3.8) is 0 Å². The van der Waals surface area contributed by atoms with Gasteiger partial charge in [-0.3, -0.25) is 0 Å². The zero-order chi connectivity index (χ0) is 9.97. The van der Waals surface area contributed by atoms with E-state index in [1.807, 2.05) is 13.8 Å². The first-order valence-electron chi connectivity index (χ1n) is 4.97. The van der Waals surface area contributed by atoms with Crippen LogP contribution < -0.4 is 5.32 Å². The summed E-state index contributed by atoms with van der Waals surface area (Å²) in [5.41, 5.74) is 0. The second-order valence-electron chi connectivity index (χ2n) is 3.75. The Hall–Kier alpha value is -1.10. The normalized spacial score (nSPS) is 21.8. The lowest BCUT2D eigenvalue weighted by atomic mass is 10.2. The molecule has 1 aromatic rings. The van der Waals surface area contributed by atoms with Crippen molar-refractivity contribution in [2.24, 2.45) is 0 Å². The van der Waals surface area contributed by atoms with Crippen LogP contribution in [0.2, 0.25) is 0 Å². The van der Waals surface area contributed by atoms with Gasteiger partial charge in [-0.05, 0) is 26.7 Å². The van der Waals surface area contributed by atoms with Gasteiger partial charge in [-0.25, -0.2) is 0 Å². The Balaban J connectivity index is 2.01. The summed E-state index contributed by atoms with van der Waals surface area (Å²) in [5, 5.41) is 10.9. The molecular formula is C9H15N3O2. The molecule has 1 aromatic heterocycles. The summed E-state index contributed by atoms with van der Waals surface area (Å²) in [4.78, 5) is 0. The summed E-state index contributed by atoms with van der Waals surface area (Å²) in [6, 6.07) is 0.776. The van der Waals surface area contributed by atoms with Gasteiger partial charge in [0.15, 0.2) is 0 Å². The van der Waals surface area contributed by atoms with Gasteiger partial charge < -0.3 is 14.5 Å². The van der Waals surface area contributed by atoms with Crippen molar-refractivity contribution in [1.82, 2.24) is 10.2 Å². The van der Waals surface area contributed by atoms with Crippen LogP contribution in [0.3, 0.4) is 0 Å². The summed E-state index contributed by atoms with van der Waals surface area (Å²) in [5.74, 6) is 0.589. The SMILES string of the molecule is CC(C)Nc1nnc([C@@H]2CCCO2)o1. The average Bonchev–Trinajstić information content (AvgIpc) is 2.69. The first-order chi connectivity index (χ1) is 6.75.